The molecule has 0 saturated carbocycles. The molecule has 0 fully saturated rings. The van der Waals surface area contributed by atoms with E-state index in [1.54, 1.807) is 41.9 Å². The standard InChI is InChI=1S/C19H17FN4O3S/c1-24-18(12-2-4-13(20)5-3-12)22-23-19(24)28-11-17(25)21-14-6-7-15-16(10-14)27-9-8-26-15/h2-7,10H,8-9,11H2,1H3,(H,21,25). The minimum Gasteiger partial charge on any atom is -0.486 e. The molecule has 1 aliphatic rings. The summed E-state index contributed by atoms with van der Waals surface area (Å²) in [5.41, 5.74) is 1.39. The summed E-state index contributed by atoms with van der Waals surface area (Å²) >= 11 is 1.27. The van der Waals surface area contributed by atoms with Crippen molar-refractivity contribution in [2.24, 2.45) is 7.05 Å². The summed E-state index contributed by atoms with van der Waals surface area (Å²) in [4.78, 5) is 12.3. The Labute approximate surface area is 164 Å². The average molecular weight is 400 g/mol. The highest BCUT2D eigenvalue weighted by Gasteiger charge is 2.15. The Hall–Kier alpha value is -3.07. The van der Waals surface area contributed by atoms with Crippen LogP contribution >= 0.6 is 11.8 Å². The van der Waals surface area contributed by atoms with Crippen molar-refractivity contribution in [2.75, 3.05) is 24.3 Å². The highest BCUT2D eigenvalue weighted by Crippen LogP contribution is 2.32. The van der Waals surface area contributed by atoms with Crippen LogP contribution in [0, 0.1) is 5.82 Å². The van der Waals surface area contributed by atoms with Gasteiger partial charge in [0, 0.05) is 24.4 Å². The van der Waals surface area contributed by atoms with E-state index in [0.717, 1.165) is 5.56 Å². The van der Waals surface area contributed by atoms with Crippen molar-refractivity contribution in [3.05, 3.63) is 48.3 Å². The van der Waals surface area contributed by atoms with Crippen molar-refractivity contribution < 1.29 is 18.7 Å². The molecular formula is C19H17FN4O3S. The SMILES string of the molecule is Cn1c(SCC(=O)Nc2ccc3c(c2)OCCO3)nnc1-c1ccc(F)cc1. The highest BCUT2D eigenvalue weighted by molar-refractivity contribution is 7.99. The first-order chi connectivity index (χ1) is 13.6. The lowest BCUT2D eigenvalue weighted by Gasteiger charge is -2.18. The molecule has 0 atom stereocenters. The second-order valence-electron chi connectivity index (χ2n) is 6.07. The van der Waals surface area contributed by atoms with Gasteiger partial charge in [0.15, 0.2) is 22.5 Å². The number of carbonyl (C=O) groups excluding carboxylic acids is 1. The largest absolute Gasteiger partial charge is 0.486 e. The lowest BCUT2D eigenvalue weighted by atomic mass is 10.2. The van der Waals surface area contributed by atoms with Gasteiger partial charge in [-0.1, -0.05) is 11.8 Å². The number of amides is 1. The maximum absolute atomic E-state index is 13.1. The van der Waals surface area contributed by atoms with Gasteiger partial charge in [-0.2, -0.15) is 0 Å². The average Bonchev–Trinajstić information content (AvgIpc) is 3.07. The van der Waals surface area contributed by atoms with Crippen LogP contribution in [0.5, 0.6) is 11.5 Å². The van der Waals surface area contributed by atoms with E-state index in [1.165, 1.54) is 23.9 Å². The third-order valence-electron chi connectivity index (χ3n) is 4.10. The van der Waals surface area contributed by atoms with Crippen molar-refractivity contribution >= 4 is 23.4 Å². The Morgan fingerprint density at radius 3 is 2.68 bits per heavy atom. The van der Waals surface area contributed by atoms with E-state index < -0.39 is 0 Å². The van der Waals surface area contributed by atoms with Crippen LogP contribution in [0.4, 0.5) is 10.1 Å². The molecule has 0 bridgehead atoms. The van der Waals surface area contributed by atoms with Gasteiger partial charge < -0.3 is 19.4 Å². The number of anilines is 1. The fourth-order valence-electron chi connectivity index (χ4n) is 2.74. The third kappa shape index (κ3) is 3.94. The first-order valence-corrected chi connectivity index (χ1v) is 9.56. The molecular weight excluding hydrogens is 383 g/mol. The van der Waals surface area contributed by atoms with Gasteiger partial charge in [-0.05, 0) is 36.4 Å². The van der Waals surface area contributed by atoms with Gasteiger partial charge in [0.05, 0.1) is 5.75 Å². The number of fused-ring (bicyclic) bond motifs is 1. The van der Waals surface area contributed by atoms with Crippen LogP contribution in [0.2, 0.25) is 0 Å². The lowest BCUT2D eigenvalue weighted by molar-refractivity contribution is -0.113. The van der Waals surface area contributed by atoms with Crippen molar-refractivity contribution in [2.45, 2.75) is 5.16 Å². The van der Waals surface area contributed by atoms with Crippen molar-refractivity contribution in [3.8, 4) is 22.9 Å². The molecule has 0 unspecified atom stereocenters. The summed E-state index contributed by atoms with van der Waals surface area (Å²) in [6, 6.07) is 11.3. The highest BCUT2D eigenvalue weighted by atomic mass is 32.2. The third-order valence-corrected chi connectivity index (χ3v) is 5.12. The zero-order valence-electron chi connectivity index (χ0n) is 15.0. The molecule has 1 aliphatic heterocycles. The second-order valence-corrected chi connectivity index (χ2v) is 7.01. The van der Waals surface area contributed by atoms with E-state index in [4.69, 9.17) is 9.47 Å². The number of rotatable bonds is 5. The van der Waals surface area contributed by atoms with E-state index in [9.17, 15) is 9.18 Å². The molecule has 0 spiro atoms. The summed E-state index contributed by atoms with van der Waals surface area (Å²) in [6.07, 6.45) is 0. The van der Waals surface area contributed by atoms with E-state index in [2.05, 4.69) is 15.5 Å². The molecule has 2 heterocycles. The normalized spacial score (nSPS) is 12.6. The van der Waals surface area contributed by atoms with Crippen LogP contribution < -0.4 is 14.8 Å². The van der Waals surface area contributed by atoms with E-state index in [-0.39, 0.29) is 17.5 Å². The number of hydrogen-bond acceptors (Lipinski definition) is 6. The Bertz CT molecular complexity index is 1010. The molecule has 28 heavy (non-hydrogen) atoms. The van der Waals surface area contributed by atoms with Gasteiger partial charge in [0.2, 0.25) is 5.91 Å². The molecule has 0 saturated heterocycles. The predicted octanol–water partition coefficient (Wildman–Crippen LogP) is 3.12. The lowest BCUT2D eigenvalue weighted by Crippen LogP contribution is -2.17. The Balaban J connectivity index is 1.38. The molecule has 1 N–H and O–H groups in total. The van der Waals surface area contributed by atoms with Crippen LogP contribution in [0.15, 0.2) is 47.6 Å². The molecule has 1 amide bonds. The number of hydrogen-bond donors (Lipinski definition) is 1. The van der Waals surface area contributed by atoms with Gasteiger partial charge in [0.25, 0.3) is 0 Å². The van der Waals surface area contributed by atoms with E-state index in [1.807, 2.05) is 0 Å². The maximum Gasteiger partial charge on any atom is 0.234 e. The second kappa shape index (κ2) is 7.89. The topological polar surface area (TPSA) is 78.3 Å². The Morgan fingerprint density at radius 1 is 1.14 bits per heavy atom. The summed E-state index contributed by atoms with van der Waals surface area (Å²) in [7, 11) is 1.81. The first-order valence-electron chi connectivity index (χ1n) is 8.58. The summed E-state index contributed by atoms with van der Waals surface area (Å²) in [6.45, 7) is 1.01. The number of nitrogens with one attached hydrogen (secondary N) is 1. The van der Waals surface area contributed by atoms with Crippen molar-refractivity contribution in [3.63, 3.8) is 0 Å². The molecule has 7 nitrogen and oxygen atoms in total. The van der Waals surface area contributed by atoms with Gasteiger partial charge in [0.1, 0.15) is 19.0 Å². The summed E-state index contributed by atoms with van der Waals surface area (Å²) < 4.78 is 25.8. The fraction of sp³-hybridized carbons (Fsp3) is 0.211. The zero-order chi connectivity index (χ0) is 19.5. The number of thioether (sulfide) groups is 1. The van der Waals surface area contributed by atoms with Crippen LogP contribution in [0.1, 0.15) is 0 Å². The van der Waals surface area contributed by atoms with Gasteiger partial charge in [-0.25, -0.2) is 4.39 Å². The number of benzene rings is 2. The zero-order valence-corrected chi connectivity index (χ0v) is 15.8. The minimum atomic E-state index is -0.309. The van der Waals surface area contributed by atoms with Crippen LogP contribution in [0.3, 0.4) is 0 Å². The van der Waals surface area contributed by atoms with Gasteiger partial charge in [-0.15, -0.1) is 10.2 Å². The monoisotopic (exact) mass is 400 g/mol. The van der Waals surface area contributed by atoms with Crippen LogP contribution in [-0.4, -0.2) is 39.6 Å². The summed E-state index contributed by atoms with van der Waals surface area (Å²) in [5.74, 6) is 1.59. The molecule has 9 heteroatoms. The number of carbonyl (C=O) groups is 1. The molecule has 2 aromatic carbocycles. The fourth-order valence-corrected chi connectivity index (χ4v) is 3.45. The molecule has 1 aromatic heterocycles. The predicted molar refractivity (Wildman–Crippen MR) is 103 cm³/mol. The van der Waals surface area contributed by atoms with E-state index >= 15 is 0 Å². The molecule has 0 aliphatic carbocycles. The Kier molecular flexibility index (Phi) is 5.16. The van der Waals surface area contributed by atoms with E-state index in [0.29, 0.717) is 41.4 Å². The minimum absolute atomic E-state index is 0.170. The molecule has 0 radical (unpaired) electrons. The van der Waals surface area contributed by atoms with Gasteiger partial charge in [-0.3, -0.25) is 4.79 Å². The van der Waals surface area contributed by atoms with Crippen molar-refractivity contribution in [1.82, 2.24) is 14.8 Å². The van der Waals surface area contributed by atoms with Gasteiger partial charge >= 0.3 is 0 Å². The first kappa shape index (κ1) is 18.3. The maximum atomic E-state index is 13.1. The molecule has 144 valence electrons. The quantitative estimate of drug-likeness (QED) is 0.663. The number of nitrogens with zero attached hydrogens (tertiary/aromatic N) is 3. The Morgan fingerprint density at radius 2 is 1.89 bits per heavy atom. The van der Waals surface area contributed by atoms with Crippen molar-refractivity contribution in [1.29, 1.82) is 0 Å². The summed E-state index contributed by atoms with van der Waals surface area (Å²) in [5, 5.41) is 11.7. The number of halogens is 1. The molecule has 3 aromatic rings. The molecule has 4 rings (SSSR count). The smallest absolute Gasteiger partial charge is 0.234 e. The van der Waals surface area contributed by atoms with Crippen LogP contribution in [-0.2, 0) is 11.8 Å². The number of aromatic nitrogens is 3. The van der Waals surface area contributed by atoms with Crippen LogP contribution in [0.25, 0.3) is 11.4 Å². The number of ether oxygens (including phenoxy) is 2.